The molecule has 0 aliphatic heterocycles. The molecule has 1 aromatic rings. The van der Waals surface area contributed by atoms with Crippen LogP contribution in [0.1, 0.15) is 45.7 Å². The number of rotatable bonds is 3. The number of nitrogens with zero attached hydrogens (tertiary/aromatic N) is 1. The van der Waals surface area contributed by atoms with Crippen LogP contribution in [0.15, 0.2) is 12.3 Å². The standard InChI is InChI=1S/C13H23N3/c1-13(2,3)11-5-4-6-12(11)14-9-10-7-8-15-16-10/h7-8,11-12,14H,4-6,9H2,1-3H3,(H,15,16). The molecule has 0 radical (unpaired) electrons. The summed E-state index contributed by atoms with van der Waals surface area (Å²) in [6, 6.07) is 2.71. The van der Waals surface area contributed by atoms with Gasteiger partial charge in [0, 0.05) is 24.5 Å². The van der Waals surface area contributed by atoms with E-state index < -0.39 is 0 Å². The molecule has 1 fully saturated rings. The Balaban J connectivity index is 1.89. The highest BCUT2D eigenvalue weighted by Gasteiger charge is 2.35. The molecule has 2 atom stereocenters. The quantitative estimate of drug-likeness (QED) is 0.824. The highest BCUT2D eigenvalue weighted by molar-refractivity contribution is 4.98. The summed E-state index contributed by atoms with van der Waals surface area (Å²) in [6.45, 7) is 7.98. The van der Waals surface area contributed by atoms with Gasteiger partial charge in [-0.15, -0.1) is 0 Å². The summed E-state index contributed by atoms with van der Waals surface area (Å²) in [5.41, 5.74) is 1.60. The minimum Gasteiger partial charge on any atom is -0.308 e. The highest BCUT2D eigenvalue weighted by Crippen LogP contribution is 2.39. The lowest BCUT2D eigenvalue weighted by molar-refractivity contribution is 0.202. The largest absolute Gasteiger partial charge is 0.308 e. The number of aromatic nitrogens is 2. The number of H-pyrrole nitrogens is 1. The van der Waals surface area contributed by atoms with E-state index in [-0.39, 0.29) is 0 Å². The van der Waals surface area contributed by atoms with Gasteiger partial charge >= 0.3 is 0 Å². The summed E-state index contributed by atoms with van der Waals surface area (Å²) in [5, 5.41) is 10.6. The molecule has 0 saturated heterocycles. The van der Waals surface area contributed by atoms with Crippen molar-refractivity contribution in [2.75, 3.05) is 0 Å². The van der Waals surface area contributed by atoms with Gasteiger partial charge in [0.25, 0.3) is 0 Å². The number of hydrogen-bond donors (Lipinski definition) is 2. The first-order chi connectivity index (χ1) is 7.57. The highest BCUT2D eigenvalue weighted by atomic mass is 15.1. The van der Waals surface area contributed by atoms with Crippen LogP contribution in [0.25, 0.3) is 0 Å². The van der Waals surface area contributed by atoms with E-state index in [1.165, 1.54) is 25.0 Å². The van der Waals surface area contributed by atoms with E-state index in [9.17, 15) is 0 Å². The fourth-order valence-electron chi connectivity index (χ4n) is 2.87. The SMILES string of the molecule is CC(C)(C)C1CCCC1NCc1ccn[nH]1. The normalized spacial score (nSPS) is 26.2. The van der Waals surface area contributed by atoms with Crippen LogP contribution < -0.4 is 5.32 Å². The van der Waals surface area contributed by atoms with Gasteiger partial charge in [0.1, 0.15) is 0 Å². The Hall–Kier alpha value is -0.830. The summed E-state index contributed by atoms with van der Waals surface area (Å²) in [7, 11) is 0. The van der Waals surface area contributed by atoms with E-state index >= 15 is 0 Å². The first-order valence-corrected chi connectivity index (χ1v) is 6.29. The maximum atomic E-state index is 3.97. The molecule has 16 heavy (non-hydrogen) atoms. The van der Waals surface area contributed by atoms with E-state index in [2.05, 4.69) is 36.3 Å². The lowest BCUT2D eigenvalue weighted by Crippen LogP contribution is -2.38. The van der Waals surface area contributed by atoms with Crippen LogP contribution in [0.4, 0.5) is 0 Å². The van der Waals surface area contributed by atoms with Crippen molar-refractivity contribution in [3.05, 3.63) is 18.0 Å². The lowest BCUT2D eigenvalue weighted by Gasteiger charge is -2.32. The topological polar surface area (TPSA) is 40.7 Å². The summed E-state index contributed by atoms with van der Waals surface area (Å²) in [6.07, 6.45) is 5.86. The molecule has 2 rings (SSSR count). The second-order valence-electron chi connectivity index (χ2n) is 5.97. The van der Waals surface area contributed by atoms with Gasteiger partial charge in [-0.1, -0.05) is 27.2 Å². The molecule has 1 aromatic heterocycles. The second kappa shape index (κ2) is 4.58. The van der Waals surface area contributed by atoms with Crippen molar-refractivity contribution < 1.29 is 0 Å². The van der Waals surface area contributed by atoms with E-state index in [1.54, 1.807) is 0 Å². The molecule has 0 spiro atoms. The van der Waals surface area contributed by atoms with Crippen LogP contribution in [-0.4, -0.2) is 16.2 Å². The van der Waals surface area contributed by atoms with Crippen molar-refractivity contribution in [1.82, 2.24) is 15.5 Å². The zero-order chi connectivity index (χ0) is 11.6. The summed E-state index contributed by atoms with van der Waals surface area (Å²) < 4.78 is 0. The molecule has 1 saturated carbocycles. The molecule has 1 aliphatic carbocycles. The van der Waals surface area contributed by atoms with Gasteiger partial charge in [-0.2, -0.15) is 5.10 Å². The Morgan fingerprint density at radius 3 is 2.88 bits per heavy atom. The van der Waals surface area contributed by atoms with Crippen LogP contribution in [0, 0.1) is 11.3 Å². The van der Waals surface area contributed by atoms with Crippen molar-refractivity contribution in [2.24, 2.45) is 11.3 Å². The van der Waals surface area contributed by atoms with Crippen LogP contribution in [0.3, 0.4) is 0 Å². The molecule has 1 heterocycles. The third-order valence-corrected chi connectivity index (χ3v) is 3.74. The Bertz CT molecular complexity index is 310. The van der Waals surface area contributed by atoms with Crippen LogP contribution in [0.5, 0.6) is 0 Å². The average Bonchev–Trinajstić information content (AvgIpc) is 2.85. The molecule has 0 bridgehead atoms. The van der Waals surface area contributed by atoms with Gasteiger partial charge < -0.3 is 5.32 Å². The minimum atomic E-state index is 0.419. The molecule has 2 N–H and O–H groups in total. The second-order valence-corrected chi connectivity index (χ2v) is 5.97. The molecule has 2 unspecified atom stereocenters. The van der Waals surface area contributed by atoms with Crippen molar-refractivity contribution in [3.8, 4) is 0 Å². The van der Waals surface area contributed by atoms with Crippen LogP contribution in [-0.2, 0) is 6.54 Å². The first kappa shape index (κ1) is 11.6. The van der Waals surface area contributed by atoms with Crippen LogP contribution >= 0.6 is 0 Å². The summed E-state index contributed by atoms with van der Waals surface area (Å²) >= 11 is 0. The van der Waals surface area contributed by atoms with Crippen molar-refractivity contribution in [3.63, 3.8) is 0 Å². The predicted octanol–water partition coefficient (Wildman–Crippen LogP) is 2.71. The third kappa shape index (κ3) is 2.64. The van der Waals surface area contributed by atoms with Crippen LogP contribution in [0.2, 0.25) is 0 Å². The zero-order valence-corrected chi connectivity index (χ0v) is 10.6. The molecular formula is C13H23N3. The number of aromatic amines is 1. The van der Waals surface area contributed by atoms with E-state index in [1.807, 2.05) is 12.3 Å². The fourth-order valence-corrected chi connectivity index (χ4v) is 2.87. The molecule has 3 nitrogen and oxygen atoms in total. The van der Waals surface area contributed by atoms with Crippen molar-refractivity contribution >= 4 is 0 Å². The summed E-state index contributed by atoms with van der Waals surface area (Å²) in [5.74, 6) is 0.801. The Morgan fingerprint density at radius 2 is 2.25 bits per heavy atom. The van der Waals surface area contributed by atoms with Gasteiger partial charge in [0.2, 0.25) is 0 Å². The molecular weight excluding hydrogens is 198 g/mol. The zero-order valence-electron chi connectivity index (χ0n) is 10.6. The number of hydrogen-bond acceptors (Lipinski definition) is 2. The molecule has 90 valence electrons. The van der Waals surface area contributed by atoms with Gasteiger partial charge in [-0.05, 0) is 30.2 Å². The first-order valence-electron chi connectivity index (χ1n) is 6.29. The minimum absolute atomic E-state index is 0.419. The van der Waals surface area contributed by atoms with Crippen molar-refractivity contribution in [1.29, 1.82) is 0 Å². The maximum Gasteiger partial charge on any atom is 0.0490 e. The Morgan fingerprint density at radius 1 is 1.44 bits per heavy atom. The Kier molecular flexibility index (Phi) is 3.33. The fraction of sp³-hybridized carbons (Fsp3) is 0.769. The third-order valence-electron chi connectivity index (χ3n) is 3.74. The average molecular weight is 221 g/mol. The number of nitrogens with one attached hydrogen (secondary N) is 2. The Labute approximate surface area is 98.0 Å². The van der Waals surface area contributed by atoms with E-state index in [4.69, 9.17) is 0 Å². The summed E-state index contributed by atoms with van der Waals surface area (Å²) in [4.78, 5) is 0. The molecule has 1 aliphatic rings. The molecule has 3 heteroatoms. The monoisotopic (exact) mass is 221 g/mol. The van der Waals surface area contributed by atoms with E-state index in [0.717, 1.165) is 12.5 Å². The van der Waals surface area contributed by atoms with Gasteiger partial charge in [-0.3, -0.25) is 5.10 Å². The molecule has 0 amide bonds. The van der Waals surface area contributed by atoms with Crippen molar-refractivity contribution in [2.45, 2.75) is 52.6 Å². The maximum absolute atomic E-state index is 3.97. The van der Waals surface area contributed by atoms with Gasteiger partial charge in [0.15, 0.2) is 0 Å². The predicted molar refractivity (Wildman–Crippen MR) is 66.0 cm³/mol. The molecule has 0 aromatic carbocycles. The lowest BCUT2D eigenvalue weighted by atomic mass is 9.77. The smallest absolute Gasteiger partial charge is 0.0490 e. The van der Waals surface area contributed by atoms with E-state index in [0.29, 0.717) is 11.5 Å². The van der Waals surface area contributed by atoms with Gasteiger partial charge in [-0.25, -0.2) is 0 Å². The van der Waals surface area contributed by atoms with Gasteiger partial charge in [0.05, 0.1) is 0 Å².